The summed E-state index contributed by atoms with van der Waals surface area (Å²) in [5.41, 5.74) is 2.12. The molecule has 29 heavy (non-hydrogen) atoms. The van der Waals surface area contributed by atoms with Gasteiger partial charge in [-0.15, -0.1) is 11.3 Å². The minimum Gasteiger partial charge on any atom is -0.497 e. The summed E-state index contributed by atoms with van der Waals surface area (Å²) in [4.78, 5) is 23.9. The van der Waals surface area contributed by atoms with Gasteiger partial charge in [-0.3, -0.25) is 0 Å². The topological polar surface area (TPSA) is 88.2 Å². The molecule has 0 saturated carbocycles. The number of benzene rings is 1. The van der Waals surface area contributed by atoms with Crippen molar-refractivity contribution in [3.05, 3.63) is 40.5 Å². The molecule has 0 unspecified atom stereocenters. The van der Waals surface area contributed by atoms with E-state index in [9.17, 15) is 4.79 Å². The fourth-order valence-corrected chi connectivity index (χ4v) is 4.91. The Bertz CT molecular complexity index is 1020. The number of aromatic nitrogens is 2. The van der Waals surface area contributed by atoms with E-state index >= 15 is 0 Å². The van der Waals surface area contributed by atoms with Crippen molar-refractivity contribution in [1.29, 1.82) is 0 Å². The Balaban J connectivity index is 1.35. The number of ether oxygens (including phenoxy) is 1. The summed E-state index contributed by atoms with van der Waals surface area (Å²) in [7, 11) is 1.61. The van der Waals surface area contributed by atoms with Crippen LogP contribution < -0.4 is 20.7 Å². The number of amides is 2. The quantitative estimate of drug-likeness (QED) is 0.531. The Morgan fingerprint density at radius 1 is 1.14 bits per heavy atom. The molecule has 1 aliphatic rings. The van der Waals surface area contributed by atoms with E-state index in [2.05, 4.69) is 25.9 Å². The van der Waals surface area contributed by atoms with Crippen molar-refractivity contribution in [2.24, 2.45) is 0 Å². The van der Waals surface area contributed by atoms with Crippen molar-refractivity contribution in [3.63, 3.8) is 0 Å². The second kappa shape index (κ2) is 8.65. The van der Waals surface area contributed by atoms with E-state index < -0.39 is 0 Å². The predicted molar refractivity (Wildman–Crippen MR) is 117 cm³/mol. The lowest BCUT2D eigenvalue weighted by Crippen LogP contribution is -2.32. The van der Waals surface area contributed by atoms with E-state index in [1.54, 1.807) is 42.7 Å². The van der Waals surface area contributed by atoms with Crippen molar-refractivity contribution in [3.8, 4) is 5.75 Å². The number of hydrogen-bond donors (Lipinski definition) is 3. The normalized spacial score (nSPS) is 13.0. The molecular formula is C21H25N5O2S. The zero-order chi connectivity index (χ0) is 20.2. The minimum absolute atomic E-state index is 0.242. The van der Waals surface area contributed by atoms with Gasteiger partial charge in [-0.05, 0) is 62.4 Å². The smallest absolute Gasteiger partial charge is 0.319 e. The third kappa shape index (κ3) is 4.42. The monoisotopic (exact) mass is 411 g/mol. The van der Waals surface area contributed by atoms with E-state index in [1.807, 2.05) is 6.92 Å². The molecule has 0 radical (unpaired) electrons. The van der Waals surface area contributed by atoms with Gasteiger partial charge in [-0.1, -0.05) is 0 Å². The molecule has 152 valence electrons. The van der Waals surface area contributed by atoms with Gasteiger partial charge in [-0.25, -0.2) is 14.8 Å². The number of carbonyl (C=O) groups is 1. The van der Waals surface area contributed by atoms with Crippen LogP contribution in [-0.2, 0) is 12.8 Å². The zero-order valence-corrected chi connectivity index (χ0v) is 17.5. The summed E-state index contributed by atoms with van der Waals surface area (Å²) in [6.07, 6.45) is 4.71. The van der Waals surface area contributed by atoms with Gasteiger partial charge in [0.05, 0.1) is 12.5 Å². The highest BCUT2D eigenvalue weighted by Gasteiger charge is 2.20. The summed E-state index contributed by atoms with van der Waals surface area (Å²) < 4.78 is 5.12. The van der Waals surface area contributed by atoms with Gasteiger partial charge in [0.1, 0.15) is 22.2 Å². The summed E-state index contributed by atoms with van der Waals surface area (Å²) >= 11 is 1.80. The van der Waals surface area contributed by atoms with Crippen LogP contribution in [0.4, 0.5) is 16.3 Å². The Labute approximate surface area is 173 Å². The molecule has 4 rings (SSSR count). The van der Waals surface area contributed by atoms with Crippen LogP contribution in [0.3, 0.4) is 0 Å². The van der Waals surface area contributed by atoms with Crippen LogP contribution >= 0.6 is 11.3 Å². The van der Waals surface area contributed by atoms with Gasteiger partial charge in [0.15, 0.2) is 0 Å². The molecule has 0 saturated heterocycles. The standard InChI is InChI=1S/C21H25N5O2S/c1-13-24-19(18-16-5-3-4-6-17(16)29-20(18)25-13)22-11-12-23-21(27)26-14-7-9-15(28-2)10-8-14/h7-10H,3-6,11-12H2,1-2H3,(H,22,24,25)(H2,23,26,27). The average molecular weight is 412 g/mol. The van der Waals surface area contributed by atoms with Crippen molar-refractivity contribution < 1.29 is 9.53 Å². The molecule has 7 nitrogen and oxygen atoms in total. The largest absolute Gasteiger partial charge is 0.497 e. The van der Waals surface area contributed by atoms with Crippen LogP contribution in [0.1, 0.15) is 29.1 Å². The molecule has 1 aliphatic carbocycles. The third-order valence-corrected chi connectivity index (χ3v) is 6.16. The highest BCUT2D eigenvalue weighted by molar-refractivity contribution is 7.19. The number of nitrogens with one attached hydrogen (secondary N) is 3. The molecule has 3 N–H and O–H groups in total. The number of anilines is 2. The number of urea groups is 1. The summed E-state index contributed by atoms with van der Waals surface area (Å²) in [5, 5.41) is 10.2. The first-order valence-corrected chi connectivity index (χ1v) is 10.7. The summed E-state index contributed by atoms with van der Waals surface area (Å²) in [6.45, 7) is 2.99. The van der Waals surface area contributed by atoms with Gasteiger partial charge in [0, 0.05) is 23.7 Å². The molecule has 0 aliphatic heterocycles. The number of hydrogen-bond acceptors (Lipinski definition) is 6. The molecule has 1 aromatic carbocycles. The number of thiophene rings is 1. The molecule has 0 atom stereocenters. The lowest BCUT2D eigenvalue weighted by Gasteiger charge is -2.13. The molecule has 0 fully saturated rings. The SMILES string of the molecule is COc1ccc(NC(=O)NCCNc2nc(C)nc3sc4c(c23)CCCC4)cc1. The predicted octanol–water partition coefficient (Wildman–Crippen LogP) is 4.12. The molecule has 0 bridgehead atoms. The van der Waals surface area contributed by atoms with E-state index in [4.69, 9.17) is 4.74 Å². The first-order valence-electron chi connectivity index (χ1n) is 9.85. The number of nitrogens with zero attached hydrogens (tertiary/aromatic N) is 2. The maximum absolute atomic E-state index is 12.1. The van der Waals surface area contributed by atoms with E-state index in [0.717, 1.165) is 40.5 Å². The molecule has 8 heteroatoms. The van der Waals surface area contributed by atoms with Crippen molar-refractivity contribution in [1.82, 2.24) is 15.3 Å². The van der Waals surface area contributed by atoms with E-state index in [0.29, 0.717) is 18.8 Å². The van der Waals surface area contributed by atoms with E-state index in [1.165, 1.54) is 23.3 Å². The first kappa shape index (κ1) is 19.4. The number of methoxy groups -OCH3 is 1. The molecule has 2 heterocycles. The molecule has 0 spiro atoms. The van der Waals surface area contributed by atoms with Crippen LogP contribution in [-0.4, -0.2) is 36.2 Å². The van der Waals surface area contributed by atoms with Crippen LogP contribution in [0.15, 0.2) is 24.3 Å². The molecule has 2 aromatic heterocycles. The number of rotatable bonds is 6. The van der Waals surface area contributed by atoms with E-state index in [-0.39, 0.29) is 6.03 Å². The lowest BCUT2D eigenvalue weighted by atomic mass is 9.97. The Hall–Kier alpha value is -2.87. The second-order valence-electron chi connectivity index (χ2n) is 7.05. The highest BCUT2D eigenvalue weighted by atomic mass is 32.1. The van der Waals surface area contributed by atoms with Crippen molar-refractivity contribution >= 4 is 39.1 Å². The maximum Gasteiger partial charge on any atom is 0.319 e. The van der Waals surface area contributed by atoms with Crippen LogP contribution in [0.5, 0.6) is 5.75 Å². The Morgan fingerprint density at radius 3 is 2.72 bits per heavy atom. The minimum atomic E-state index is -0.242. The first-order chi connectivity index (χ1) is 14.1. The summed E-state index contributed by atoms with van der Waals surface area (Å²) in [6, 6.07) is 6.98. The second-order valence-corrected chi connectivity index (χ2v) is 8.13. The highest BCUT2D eigenvalue weighted by Crippen LogP contribution is 2.38. The zero-order valence-electron chi connectivity index (χ0n) is 16.7. The van der Waals surface area contributed by atoms with Crippen molar-refractivity contribution in [2.45, 2.75) is 32.6 Å². The average Bonchev–Trinajstić information content (AvgIpc) is 3.09. The van der Waals surface area contributed by atoms with Crippen molar-refractivity contribution in [2.75, 3.05) is 30.8 Å². The van der Waals surface area contributed by atoms with Gasteiger partial charge in [0.25, 0.3) is 0 Å². The lowest BCUT2D eigenvalue weighted by molar-refractivity contribution is 0.252. The molecule has 2 amide bonds. The van der Waals surface area contributed by atoms with Crippen LogP contribution in [0.2, 0.25) is 0 Å². The molecule has 3 aromatic rings. The third-order valence-electron chi connectivity index (χ3n) is 4.98. The number of aryl methyl sites for hydroxylation is 3. The molecular weight excluding hydrogens is 386 g/mol. The fourth-order valence-electron chi connectivity index (χ4n) is 3.60. The Morgan fingerprint density at radius 2 is 1.93 bits per heavy atom. The van der Waals surface area contributed by atoms with Crippen LogP contribution in [0, 0.1) is 6.92 Å². The van der Waals surface area contributed by atoms with Gasteiger partial charge in [0.2, 0.25) is 0 Å². The number of fused-ring (bicyclic) bond motifs is 3. The number of carbonyl (C=O) groups excluding carboxylic acids is 1. The summed E-state index contributed by atoms with van der Waals surface area (Å²) in [5.74, 6) is 2.40. The Kier molecular flexibility index (Phi) is 5.80. The van der Waals surface area contributed by atoms with Crippen LogP contribution in [0.25, 0.3) is 10.2 Å². The van der Waals surface area contributed by atoms with Gasteiger partial charge >= 0.3 is 6.03 Å². The van der Waals surface area contributed by atoms with Gasteiger partial charge in [-0.2, -0.15) is 0 Å². The maximum atomic E-state index is 12.1. The fraction of sp³-hybridized carbons (Fsp3) is 0.381. The van der Waals surface area contributed by atoms with Gasteiger partial charge < -0.3 is 20.7 Å².